The van der Waals surface area contributed by atoms with Gasteiger partial charge in [-0.05, 0) is 19.1 Å². The van der Waals surface area contributed by atoms with Crippen LogP contribution in [0.25, 0.3) is 0 Å². The second-order valence-corrected chi connectivity index (χ2v) is 3.76. The molecule has 0 bridgehead atoms. The lowest BCUT2D eigenvalue weighted by atomic mass is 10.2. The van der Waals surface area contributed by atoms with Crippen LogP contribution < -0.4 is 10.1 Å². The van der Waals surface area contributed by atoms with Crippen LogP contribution in [0, 0.1) is 0 Å². The van der Waals surface area contributed by atoms with E-state index in [0.717, 1.165) is 0 Å². The first-order chi connectivity index (χ1) is 9.08. The molecule has 0 atom stereocenters. The van der Waals surface area contributed by atoms with Crippen LogP contribution in [0.3, 0.4) is 0 Å². The van der Waals surface area contributed by atoms with Crippen LogP contribution in [0.1, 0.15) is 24.2 Å². The molecule has 1 amide bonds. The summed E-state index contributed by atoms with van der Waals surface area (Å²) in [6.07, 6.45) is 3.65. The van der Waals surface area contributed by atoms with Gasteiger partial charge in [0, 0.05) is 18.7 Å². The number of methoxy groups -OCH3 is 1. The van der Waals surface area contributed by atoms with Crippen molar-refractivity contribution in [1.29, 1.82) is 0 Å². The predicted molar refractivity (Wildman–Crippen MR) is 72.4 cm³/mol. The fraction of sp³-hybridized carbons (Fsp3) is 0.286. The Morgan fingerprint density at radius 2 is 2.11 bits per heavy atom. The highest BCUT2D eigenvalue weighted by molar-refractivity contribution is 5.94. The molecule has 1 aromatic rings. The number of carbonyl (C=O) groups excluding carboxylic acids is 2. The first-order valence-electron chi connectivity index (χ1n) is 5.82. The van der Waals surface area contributed by atoms with Crippen molar-refractivity contribution in [2.45, 2.75) is 13.8 Å². The van der Waals surface area contributed by atoms with Crippen molar-refractivity contribution in [3.63, 3.8) is 0 Å². The van der Waals surface area contributed by atoms with E-state index in [1.165, 1.54) is 14.0 Å². The van der Waals surface area contributed by atoms with Gasteiger partial charge in [-0.25, -0.2) is 4.79 Å². The fourth-order valence-corrected chi connectivity index (χ4v) is 1.44. The zero-order valence-electron chi connectivity index (χ0n) is 11.2. The molecule has 5 heteroatoms. The van der Waals surface area contributed by atoms with E-state index in [1.807, 2.05) is 19.1 Å². The number of benzene rings is 1. The molecule has 1 rings (SSSR count). The number of anilines is 1. The number of hydrogen-bond acceptors (Lipinski definition) is 4. The fourth-order valence-electron chi connectivity index (χ4n) is 1.44. The maximum absolute atomic E-state index is 11.6. The molecular formula is C14H17NO4. The van der Waals surface area contributed by atoms with Crippen LogP contribution in [0.2, 0.25) is 0 Å². The zero-order chi connectivity index (χ0) is 14.3. The summed E-state index contributed by atoms with van der Waals surface area (Å²) in [5, 5.41) is 2.63. The van der Waals surface area contributed by atoms with E-state index in [-0.39, 0.29) is 5.91 Å². The highest BCUT2D eigenvalue weighted by Gasteiger charge is 2.13. The topological polar surface area (TPSA) is 64.6 Å². The van der Waals surface area contributed by atoms with E-state index in [0.29, 0.717) is 23.6 Å². The van der Waals surface area contributed by atoms with Crippen molar-refractivity contribution in [2.24, 2.45) is 0 Å². The van der Waals surface area contributed by atoms with Gasteiger partial charge in [-0.3, -0.25) is 4.79 Å². The second-order valence-electron chi connectivity index (χ2n) is 3.76. The average Bonchev–Trinajstić information content (AvgIpc) is 2.38. The number of allylic oxidation sites excluding steroid dienone is 1. The molecule has 0 saturated heterocycles. The van der Waals surface area contributed by atoms with Crippen LogP contribution in [0.15, 0.2) is 30.4 Å². The van der Waals surface area contributed by atoms with Gasteiger partial charge in [0.25, 0.3) is 0 Å². The number of rotatable bonds is 5. The maximum Gasteiger partial charge on any atom is 0.341 e. The van der Waals surface area contributed by atoms with Gasteiger partial charge in [0.2, 0.25) is 5.91 Å². The van der Waals surface area contributed by atoms with Crippen molar-refractivity contribution in [2.75, 3.05) is 19.0 Å². The lowest BCUT2D eigenvalue weighted by Crippen LogP contribution is -2.09. The molecule has 0 fully saturated rings. The predicted octanol–water partition coefficient (Wildman–Crippen LogP) is 2.39. The van der Waals surface area contributed by atoms with Crippen molar-refractivity contribution in [1.82, 2.24) is 0 Å². The van der Waals surface area contributed by atoms with Crippen molar-refractivity contribution in [3.8, 4) is 5.75 Å². The second kappa shape index (κ2) is 7.20. The standard InChI is InChI=1S/C14H17NO4/c1-4-5-8-19-13-9-11(15-10(2)16)6-7-12(13)14(17)18-3/h4-7,9H,8H2,1-3H3,(H,15,16)/b5-4+. The van der Waals surface area contributed by atoms with E-state index < -0.39 is 5.97 Å². The molecular weight excluding hydrogens is 246 g/mol. The summed E-state index contributed by atoms with van der Waals surface area (Å²) in [5.74, 6) is -0.300. The Morgan fingerprint density at radius 3 is 2.68 bits per heavy atom. The SMILES string of the molecule is C/C=C/COc1cc(NC(C)=O)ccc1C(=O)OC. The Labute approximate surface area is 112 Å². The molecule has 0 radical (unpaired) electrons. The molecule has 19 heavy (non-hydrogen) atoms. The number of carbonyl (C=O) groups is 2. The largest absolute Gasteiger partial charge is 0.489 e. The number of nitrogens with one attached hydrogen (secondary N) is 1. The zero-order valence-corrected chi connectivity index (χ0v) is 11.2. The molecule has 0 unspecified atom stereocenters. The molecule has 1 aromatic carbocycles. The third kappa shape index (κ3) is 4.46. The van der Waals surface area contributed by atoms with Gasteiger partial charge < -0.3 is 14.8 Å². The molecule has 0 aliphatic heterocycles. The summed E-state index contributed by atoms with van der Waals surface area (Å²) in [7, 11) is 1.31. The number of ether oxygens (including phenoxy) is 2. The van der Waals surface area contributed by atoms with Crippen LogP contribution in [0.4, 0.5) is 5.69 Å². The van der Waals surface area contributed by atoms with Gasteiger partial charge in [0.05, 0.1) is 7.11 Å². The van der Waals surface area contributed by atoms with Crippen molar-refractivity contribution in [3.05, 3.63) is 35.9 Å². The molecule has 0 heterocycles. The van der Waals surface area contributed by atoms with Gasteiger partial charge in [-0.15, -0.1) is 0 Å². The smallest absolute Gasteiger partial charge is 0.341 e. The number of hydrogen-bond donors (Lipinski definition) is 1. The maximum atomic E-state index is 11.6. The van der Waals surface area contributed by atoms with E-state index in [1.54, 1.807) is 18.2 Å². The van der Waals surface area contributed by atoms with E-state index >= 15 is 0 Å². The van der Waals surface area contributed by atoms with Crippen LogP contribution >= 0.6 is 0 Å². The molecule has 1 N–H and O–H groups in total. The normalized spacial score (nSPS) is 10.3. The lowest BCUT2D eigenvalue weighted by Gasteiger charge is -2.11. The molecule has 5 nitrogen and oxygen atoms in total. The van der Waals surface area contributed by atoms with Gasteiger partial charge in [-0.2, -0.15) is 0 Å². The summed E-state index contributed by atoms with van der Waals surface area (Å²) < 4.78 is 10.2. The Balaban J connectivity index is 3.02. The first kappa shape index (κ1) is 14.8. The van der Waals surface area contributed by atoms with E-state index in [4.69, 9.17) is 4.74 Å². The molecule has 0 aliphatic carbocycles. The summed E-state index contributed by atoms with van der Waals surface area (Å²) >= 11 is 0. The Kier molecular flexibility index (Phi) is 5.60. The Bertz CT molecular complexity index is 494. The molecule has 0 spiro atoms. The van der Waals surface area contributed by atoms with Gasteiger partial charge in [0.15, 0.2) is 0 Å². The van der Waals surface area contributed by atoms with E-state index in [2.05, 4.69) is 10.1 Å². The summed E-state index contributed by atoms with van der Waals surface area (Å²) in [6, 6.07) is 4.77. The Hall–Kier alpha value is -2.30. The number of amides is 1. The quantitative estimate of drug-likeness (QED) is 0.654. The molecule has 0 saturated carbocycles. The minimum atomic E-state index is -0.482. The highest BCUT2D eigenvalue weighted by atomic mass is 16.5. The van der Waals surface area contributed by atoms with Crippen molar-refractivity contribution < 1.29 is 19.1 Å². The third-order valence-corrected chi connectivity index (χ3v) is 2.28. The van der Waals surface area contributed by atoms with Gasteiger partial charge in [-0.1, -0.05) is 12.2 Å². The van der Waals surface area contributed by atoms with E-state index in [9.17, 15) is 9.59 Å². The highest BCUT2D eigenvalue weighted by Crippen LogP contribution is 2.24. The molecule has 0 aromatic heterocycles. The van der Waals surface area contributed by atoms with Crippen LogP contribution in [-0.2, 0) is 9.53 Å². The molecule has 102 valence electrons. The Morgan fingerprint density at radius 1 is 1.37 bits per heavy atom. The minimum Gasteiger partial charge on any atom is -0.489 e. The summed E-state index contributed by atoms with van der Waals surface area (Å²) in [5.41, 5.74) is 0.886. The van der Waals surface area contributed by atoms with Gasteiger partial charge >= 0.3 is 5.97 Å². The minimum absolute atomic E-state index is 0.190. The third-order valence-electron chi connectivity index (χ3n) is 2.28. The van der Waals surface area contributed by atoms with Gasteiger partial charge in [0.1, 0.15) is 17.9 Å². The first-order valence-corrected chi connectivity index (χ1v) is 5.82. The molecule has 0 aliphatic rings. The lowest BCUT2D eigenvalue weighted by molar-refractivity contribution is -0.114. The average molecular weight is 263 g/mol. The van der Waals surface area contributed by atoms with Crippen molar-refractivity contribution >= 4 is 17.6 Å². The van der Waals surface area contributed by atoms with Crippen LogP contribution in [0.5, 0.6) is 5.75 Å². The monoisotopic (exact) mass is 263 g/mol. The summed E-state index contributed by atoms with van der Waals surface area (Å²) in [4.78, 5) is 22.6. The van der Waals surface area contributed by atoms with Crippen LogP contribution in [-0.4, -0.2) is 25.6 Å². The summed E-state index contributed by atoms with van der Waals surface area (Å²) in [6.45, 7) is 3.62. The number of esters is 1.